The Morgan fingerprint density at radius 3 is 2.74 bits per heavy atom. The van der Waals surface area contributed by atoms with Crippen LogP contribution in [0.15, 0.2) is 12.3 Å². The largest absolute Gasteiger partial charge is 0.491 e. The fourth-order valence-electron chi connectivity index (χ4n) is 2.77. The van der Waals surface area contributed by atoms with Gasteiger partial charge in [0, 0.05) is 6.20 Å². The highest BCUT2D eigenvalue weighted by molar-refractivity contribution is 5.95. The highest BCUT2D eigenvalue weighted by Gasteiger charge is 2.34. The Labute approximate surface area is 136 Å². The van der Waals surface area contributed by atoms with E-state index in [4.69, 9.17) is 4.74 Å². The van der Waals surface area contributed by atoms with Crippen LogP contribution >= 0.6 is 0 Å². The average Bonchev–Trinajstić information content (AvgIpc) is 3.41. The predicted octanol–water partition coefficient (Wildman–Crippen LogP) is 2.78. The molecule has 3 fully saturated rings. The van der Waals surface area contributed by atoms with Crippen LogP contribution in [0.25, 0.3) is 0 Å². The van der Waals surface area contributed by atoms with Gasteiger partial charge >= 0.3 is 0 Å². The summed E-state index contributed by atoms with van der Waals surface area (Å²) in [5.41, 5.74) is 1.47. The maximum Gasteiger partial charge on any atom is 0.274 e. The van der Waals surface area contributed by atoms with Gasteiger partial charge in [-0.2, -0.15) is 5.26 Å². The Bertz CT molecular complexity index is 655. The number of hydrogen-bond acceptors (Lipinski definition) is 4. The second kappa shape index (κ2) is 5.84. The molecule has 4 rings (SSSR count). The zero-order chi connectivity index (χ0) is 15.8. The van der Waals surface area contributed by atoms with Crippen molar-refractivity contribution in [1.82, 2.24) is 10.3 Å². The van der Waals surface area contributed by atoms with Crippen LogP contribution < -0.4 is 10.1 Å². The third-order valence-electron chi connectivity index (χ3n) is 4.83. The van der Waals surface area contributed by atoms with Crippen molar-refractivity contribution >= 4 is 5.91 Å². The van der Waals surface area contributed by atoms with E-state index in [0.29, 0.717) is 35.8 Å². The maximum absolute atomic E-state index is 12.5. The molecule has 1 aromatic heterocycles. The quantitative estimate of drug-likeness (QED) is 0.840. The molecule has 1 heterocycles. The molecule has 1 aromatic rings. The topological polar surface area (TPSA) is 75.0 Å². The number of aromatic nitrogens is 1. The Morgan fingerprint density at radius 2 is 2.13 bits per heavy atom. The van der Waals surface area contributed by atoms with E-state index in [2.05, 4.69) is 16.4 Å². The number of nitriles is 1. The molecule has 5 heteroatoms. The van der Waals surface area contributed by atoms with Gasteiger partial charge < -0.3 is 10.1 Å². The molecule has 120 valence electrons. The molecule has 5 nitrogen and oxygen atoms in total. The number of carbonyl (C=O) groups is 1. The molecule has 3 aliphatic rings. The molecular weight excluding hydrogens is 290 g/mol. The summed E-state index contributed by atoms with van der Waals surface area (Å²) in [5, 5.41) is 12.0. The third-order valence-corrected chi connectivity index (χ3v) is 4.83. The molecule has 0 bridgehead atoms. The summed E-state index contributed by atoms with van der Waals surface area (Å²) in [6, 6.07) is 3.74. The van der Waals surface area contributed by atoms with Crippen LogP contribution in [0.2, 0.25) is 0 Å². The Hall–Kier alpha value is -2.09. The van der Waals surface area contributed by atoms with E-state index in [1.54, 1.807) is 6.20 Å². The summed E-state index contributed by atoms with van der Waals surface area (Å²) in [6.45, 7) is 0.653. The number of nitrogens with one attached hydrogen (secondary N) is 1. The maximum atomic E-state index is 12.5. The van der Waals surface area contributed by atoms with Gasteiger partial charge in [-0.3, -0.25) is 4.79 Å². The molecule has 0 radical (unpaired) electrons. The van der Waals surface area contributed by atoms with Gasteiger partial charge in [0.05, 0.1) is 12.7 Å². The van der Waals surface area contributed by atoms with Gasteiger partial charge in [0.15, 0.2) is 11.4 Å². The zero-order valence-electron chi connectivity index (χ0n) is 13.1. The fourth-order valence-corrected chi connectivity index (χ4v) is 2.77. The Morgan fingerprint density at radius 1 is 1.35 bits per heavy atom. The second-order valence-corrected chi connectivity index (χ2v) is 7.06. The number of hydrogen-bond donors (Lipinski definition) is 1. The van der Waals surface area contributed by atoms with E-state index in [-0.39, 0.29) is 5.91 Å². The smallest absolute Gasteiger partial charge is 0.274 e. The van der Waals surface area contributed by atoms with Crippen LogP contribution in [0.4, 0.5) is 0 Å². The van der Waals surface area contributed by atoms with Crippen LogP contribution in [-0.2, 0) is 0 Å². The van der Waals surface area contributed by atoms with Crippen molar-refractivity contribution in [3.05, 3.63) is 23.5 Å². The van der Waals surface area contributed by atoms with Gasteiger partial charge in [-0.15, -0.1) is 0 Å². The summed E-state index contributed by atoms with van der Waals surface area (Å²) < 4.78 is 5.89. The average molecular weight is 311 g/mol. The molecule has 3 aliphatic carbocycles. The van der Waals surface area contributed by atoms with Crippen LogP contribution in [-0.4, -0.2) is 23.5 Å². The summed E-state index contributed by atoms with van der Waals surface area (Å²) in [4.78, 5) is 16.9. The van der Waals surface area contributed by atoms with Crippen LogP contribution in [0, 0.1) is 23.2 Å². The number of pyridine rings is 1. The molecule has 1 amide bonds. The van der Waals surface area contributed by atoms with Crippen molar-refractivity contribution in [2.75, 3.05) is 6.61 Å². The van der Waals surface area contributed by atoms with E-state index in [1.165, 1.54) is 25.7 Å². The second-order valence-electron chi connectivity index (χ2n) is 7.06. The van der Waals surface area contributed by atoms with Crippen molar-refractivity contribution < 1.29 is 9.53 Å². The van der Waals surface area contributed by atoms with Gasteiger partial charge in [0.1, 0.15) is 6.04 Å². The summed E-state index contributed by atoms with van der Waals surface area (Å²) >= 11 is 0. The van der Waals surface area contributed by atoms with Gasteiger partial charge in [0.25, 0.3) is 5.91 Å². The lowest BCUT2D eigenvalue weighted by atomic mass is 10.1. The molecule has 0 saturated heterocycles. The predicted molar refractivity (Wildman–Crippen MR) is 84.0 cm³/mol. The lowest BCUT2D eigenvalue weighted by Crippen LogP contribution is -2.36. The van der Waals surface area contributed by atoms with E-state index >= 15 is 0 Å². The van der Waals surface area contributed by atoms with Crippen LogP contribution in [0.1, 0.15) is 60.5 Å². The van der Waals surface area contributed by atoms with E-state index in [0.717, 1.165) is 18.4 Å². The van der Waals surface area contributed by atoms with Crippen LogP contribution in [0.3, 0.4) is 0 Å². The van der Waals surface area contributed by atoms with Crippen molar-refractivity contribution in [2.45, 2.75) is 50.5 Å². The number of carbonyl (C=O) groups excluding carboxylic acids is 1. The summed E-state index contributed by atoms with van der Waals surface area (Å²) in [7, 11) is 0. The Kier molecular flexibility index (Phi) is 3.68. The first-order valence-electron chi connectivity index (χ1n) is 8.58. The molecule has 1 unspecified atom stereocenters. The van der Waals surface area contributed by atoms with Crippen molar-refractivity contribution in [3.8, 4) is 11.8 Å². The Balaban J connectivity index is 1.52. The third kappa shape index (κ3) is 3.47. The molecule has 0 aliphatic heterocycles. The minimum absolute atomic E-state index is 0.295. The highest BCUT2D eigenvalue weighted by atomic mass is 16.5. The number of ether oxygens (including phenoxy) is 1. The van der Waals surface area contributed by atoms with Crippen molar-refractivity contribution in [2.24, 2.45) is 11.8 Å². The minimum Gasteiger partial charge on any atom is -0.491 e. The lowest BCUT2D eigenvalue weighted by Gasteiger charge is -2.14. The van der Waals surface area contributed by atoms with E-state index in [9.17, 15) is 10.1 Å². The first-order valence-corrected chi connectivity index (χ1v) is 8.58. The first kappa shape index (κ1) is 14.5. The standard InChI is InChI=1S/C18H21N3O2/c19-8-15(13-5-6-13)21-18(22)17-16(23-10-11-1-2-11)7-14(9-20-17)12-3-4-12/h7,9,11-13,15H,1-6,10H2,(H,21,22). The monoisotopic (exact) mass is 311 g/mol. The summed E-state index contributed by atoms with van der Waals surface area (Å²) in [5.74, 6) is 1.77. The number of nitrogens with zero attached hydrogens (tertiary/aromatic N) is 2. The molecule has 1 N–H and O–H groups in total. The summed E-state index contributed by atoms with van der Waals surface area (Å²) in [6.07, 6.45) is 8.59. The van der Waals surface area contributed by atoms with E-state index in [1.807, 2.05) is 6.07 Å². The normalized spacial score (nSPS) is 21.3. The molecule has 23 heavy (non-hydrogen) atoms. The van der Waals surface area contributed by atoms with Crippen molar-refractivity contribution in [3.63, 3.8) is 0 Å². The number of rotatable bonds is 7. The first-order chi connectivity index (χ1) is 11.2. The molecular formula is C18H21N3O2. The van der Waals surface area contributed by atoms with Crippen molar-refractivity contribution in [1.29, 1.82) is 5.26 Å². The zero-order valence-corrected chi connectivity index (χ0v) is 13.1. The van der Waals surface area contributed by atoms with Gasteiger partial charge in [0.2, 0.25) is 0 Å². The van der Waals surface area contributed by atoms with Gasteiger partial charge in [-0.25, -0.2) is 4.98 Å². The fraction of sp³-hybridized carbons (Fsp3) is 0.611. The van der Waals surface area contributed by atoms with E-state index < -0.39 is 6.04 Å². The molecule has 3 saturated carbocycles. The lowest BCUT2D eigenvalue weighted by molar-refractivity contribution is 0.0932. The molecule has 1 atom stereocenters. The highest BCUT2D eigenvalue weighted by Crippen LogP contribution is 2.41. The van der Waals surface area contributed by atoms with Gasteiger partial charge in [-0.1, -0.05) is 0 Å². The number of amides is 1. The minimum atomic E-state index is -0.413. The van der Waals surface area contributed by atoms with Gasteiger partial charge in [-0.05, 0) is 67.9 Å². The SMILES string of the molecule is N#CC(NC(=O)c1ncc(C2CC2)cc1OCC1CC1)C1CC1. The van der Waals surface area contributed by atoms with Crippen LogP contribution in [0.5, 0.6) is 5.75 Å². The molecule has 0 spiro atoms. The molecule has 0 aromatic carbocycles.